The Hall–Kier alpha value is -0.740. The third-order valence-electron chi connectivity index (χ3n) is 2.46. The highest BCUT2D eigenvalue weighted by atomic mass is 31.0. The van der Waals surface area contributed by atoms with Crippen molar-refractivity contribution in [3.8, 4) is 0 Å². The molecule has 1 aromatic heterocycles. The van der Waals surface area contributed by atoms with Gasteiger partial charge in [-0.25, -0.2) is 0 Å². The van der Waals surface area contributed by atoms with E-state index in [1.165, 1.54) is 16.7 Å². The maximum Gasteiger partial charge on any atom is 0.00104 e. The van der Waals surface area contributed by atoms with Crippen LogP contribution in [0.2, 0.25) is 0 Å². The predicted octanol–water partition coefficient (Wildman–Crippen LogP) is 3.68. The molecule has 1 aliphatic carbocycles. The van der Waals surface area contributed by atoms with Crippen LogP contribution < -0.4 is 0 Å². The van der Waals surface area contributed by atoms with E-state index in [9.17, 15) is 0 Å². The molecule has 1 atom stereocenters. The van der Waals surface area contributed by atoms with E-state index in [0.717, 1.165) is 14.6 Å². The molecule has 0 amide bonds. The topological polar surface area (TPSA) is 0 Å². The lowest BCUT2D eigenvalue weighted by molar-refractivity contribution is 1.39. The van der Waals surface area contributed by atoms with Crippen LogP contribution in [0.15, 0.2) is 24.0 Å². The van der Waals surface area contributed by atoms with E-state index in [-0.39, 0.29) is 0 Å². The molecule has 0 aromatic carbocycles. The number of rotatable bonds is 1. The molecule has 0 spiro atoms. The normalized spacial score (nSPS) is 16.0. The lowest BCUT2D eigenvalue weighted by atomic mass is 10.1. The lowest BCUT2D eigenvalue weighted by Gasteiger charge is -1.98. The van der Waals surface area contributed by atoms with Crippen molar-refractivity contribution in [1.29, 1.82) is 0 Å². The van der Waals surface area contributed by atoms with Gasteiger partial charge in [-0.15, -0.1) is 8.19 Å². The van der Waals surface area contributed by atoms with Gasteiger partial charge >= 0.3 is 0 Å². The standard InChI is InChI=1S/C11H13P/c1-8-7-12-11(9(8)2)10-5-3-4-6-10/h3,5-7,12H,4H2,1-2H3. The molecule has 0 nitrogen and oxygen atoms in total. The SMILES string of the molecule is Cc1c[pH]c(C2=CCC=C2)c1C. The van der Waals surface area contributed by atoms with Crippen molar-refractivity contribution in [2.24, 2.45) is 0 Å². The van der Waals surface area contributed by atoms with E-state index in [0.29, 0.717) is 0 Å². The van der Waals surface area contributed by atoms with E-state index < -0.39 is 0 Å². The van der Waals surface area contributed by atoms with Crippen LogP contribution >= 0.6 is 8.19 Å². The van der Waals surface area contributed by atoms with Gasteiger partial charge in [0.15, 0.2) is 0 Å². The highest BCUT2D eigenvalue weighted by molar-refractivity contribution is 7.31. The minimum atomic E-state index is 0.892. The van der Waals surface area contributed by atoms with Crippen LogP contribution in [0.5, 0.6) is 0 Å². The first kappa shape index (κ1) is 7.89. The van der Waals surface area contributed by atoms with Crippen molar-refractivity contribution in [2.45, 2.75) is 20.3 Å². The van der Waals surface area contributed by atoms with Crippen LogP contribution in [-0.4, -0.2) is 0 Å². The van der Waals surface area contributed by atoms with Gasteiger partial charge in [0.25, 0.3) is 0 Å². The summed E-state index contributed by atoms with van der Waals surface area (Å²) in [6.45, 7) is 4.43. The van der Waals surface area contributed by atoms with Crippen LogP contribution in [0, 0.1) is 13.8 Å². The molecule has 0 N–H and O–H groups in total. The smallest absolute Gasteiger partial charge is 0.00104 e. The average molecular weight is 176 g/mol. The van der Waals surface area contributed by atoms with E-state index in [1.807, 2.05) is 0 Å². The van der Waals surface area contributed by atoms with E-state index in [4.69, 9.17) is 0 Å². The molecular weight excluding hydrogens is 163 g/mol. The fraction of sp³-hybridized carbons (Fsp3) is 0.273. The number of hydrogen-bond acceptors (Lipinski definition) is 0. The van der Waals surface area contributed by atoms with Gasteiger partial charge < -0.3 is 0 Å². The van der Waals surface area contributed by atoms with Crippen LogP contribution in [-0.2, 0) is 0 Å². The lowest BCUT2D eigenvalue weighted by Crippen LogP contribution is -1.77. The second kappa shape index (κ2) is 2.95. The summed E-state index contributed by atoms with van der Waals surface area (Å²) >= 11 is 0. The van der Waals surface area contributed by atoms with Crippen LogP contribution in [0.25, 0.3) is 5.57 Å². The van der Waals surface area contributed by atoms with Crippen molar-refractivity contribution in [3.63, 3.8) is 0 Å². The van der Waals surface area contributed by atoms with E-state index in [2.05, 4.69) is 37.9 Å². The molecule has 0 radical (unpaired) electrons. The third-order valence-corrected chi connectivity index (χ3v) is 3.99. The molecule has 0 aliphatic heterocycles. The number of aryl methyl sites for hydroxylation is 1. The Morgan fingerprint density at radius 3 is 2.67 bits per heavy atom. The van der Waals surface area contributed by atoms with Gasteiger partial charge in [0.05, 0.1) is 0 Å². The highest BCUT2D eigenvalue weighted by Crippen LogP contribution is 2.34. The zero-order valence-electron chi connectivity index (χ0n) is 7.52. The summed E-state index contributed by atoms with van der Waals surface area (Å²) in [6.07, 6.45) is 7.92. The maximum atomic E-state index is 2.34. The summed E-state index contributed by atoms with van der Waals surface area (Å²) in [6, 6.07) is 0. The molecule has 0 saturated carbocycles. The van der Waals surface area contributed by atoms with Crippen molar-refractivity contribution in [1.82, 2.24) is 0 Å². The van der Waals surface area contributed by atoms with Crippen molar-refractivity contribution < 1.29 is 0 Å². The Kier molecular flexibility index (Phi) is 1.94. The van der Waals surface area contributed by atoms with Gasteiger partial charge in [-0.3, -0.25) is 0 Å². The molecule has 12 heavy (non-hydrogen) atoms. The zero-order valence-corrected chi connectivity index (χ0v) is 8.52. The summed E-state index contributed by atoms with van der Waals surface area (Å²) in [5.74, 6) is 2.34. The first-order chi connectivity index (χ1) is 5.79. The van der Waals surface area contributed by atoms with Crippen molar-refractivity contribution in [2.75, 3.05) is 0 Å². The first-order valence-electron chi connectivity index (χ1n) is 4.30. The van der Waals surface area contributed by atoms with Crippen LogP contribution in [0.1, 0.15) is 22.8 Å². The Bertz CT molecular complexity index is 353. The fourth-order valence-electron chi connectivity index (χ4n) is 1.54. The van der Waals surface area contributed by atoms with Crippen molar-refractivity contribution >= 4 is 13.8 Å². The second-order valence-corrected chi connectivity index (χ2v) is 4.35. The molecule has 1 heterocycles. The minimum absolute atomic E-state index is 0.892. The van der Waals surface area contributed by atoms with Gasteiger partial charge in [-0.2, -0.15) is 0 Å². The summed E-state index contributed by atoms with van der Waals surface area (Å²) in [4.78, 5) is 0. The van der Waals surface area contributed by atoms with Gasteiger partial charge in [-0.05, 0) is 42.8 Å². The molecule has 0 fully saturated rings. The third kappa shape index (κ3) is 1.17. The molecule has 1 unspecified atom stereocenters. The Morgan fingerprint density at radius 2 is 2.17 bits per heavy atom. The summed E-state index contributed by atoms with van der Waals surface area (Å²) in [5, 5.41) is 1.56. The van der Waals surface area contributed by atoms with Crippen molar-refractivity contribution in [3.05, 3.63) is 40.4 Å². The largest absolute Gasteiger partial charge is 0.131 e. The average Bonchev–Trinajstić information content (AvgIpc) is 2.64. The van der Waals surface area contributed by atoms with Crippen LogP contribution in [0.4, 0.5) is 0 Å². The van der Waals surface area contributed by atoms with Gasteiger partial charge in [0.1, 0.15) is 0 Å². The minimum Gasteiger partial charge on any atom is -0.131 e. The highest BCUT2D eigenvalue weighted by Gasteiger charge is 2.07. The molecule has 0 bridgehead atoms. The number of hydrogen-bond donors (Lipinski definition) is 0. The number of allylic oxidation sites excluding steroid dienone is 4. The van der Waals surface area contributed by atoms with Crippen LogP contribution in [0.3, 0.4) is 0 Å². The Labute approximate surface area is 75.1 Å². The molecule has 2 rings (SSSR count). The predicted molar refractivity (Wildman–Crippen MR) is 57.2 cm³/mol. The summed E-state index contributed by atoms with van der Waals surface area (Å²) < 4.78 is 0. The fourth-order valence-corrected chi connectivity index (χ4v) is 2.88. The molecular formula is C11H13P. The van der Waals surface area contributed by atoms with E-state index >= 15 is 0 Å². The summed E-state index contributed by atoms with van der Waals surface area (Å²) in [5.41, 5.74) is 4.41. The second-order valence-electron chi connectivity index (χ2n) is 3.27. The molecule has 1 heteroatoms. The first-order valence-corrected chi connectivity index (χ1v) is 5.38. The zero-order chi connectivity index (χ0) is 8.55. The Morgan fingerprint density at radius 1 is 1.33 bits per heavy atom. The van der Waals surface area contributed by atoms with Gasteiger partial charge in [-0.1, -0.05) is 18.2 Å². The van der Waals surface area contributed by atoms with Gasteiger partial charge in [0.2, 0.25) is 0 Å². The monoisotopic (exact) mass is 176 g/mol. The quantitative estimate of drug-likeness (QED) is 0.612. The molecule has 62 valence electrons. The summed E-state index contributed by atoms with van der Waals surface area (Å²) in [7, 11) is 0.892. The molecule has 1 aromatic rings. The Balaban J connectivity index is 2.46. The maximum absolute atomic E-state index is 2.34. The van der Waals surface area contributed by atoms with Gasteiger partial charge in [0, 0.05) is 5.30 Å². The molecule has 0 saturated heterocycles. The van der Waals surface area contributed by atoms with E-state index in [1.54, 1.807) is 5.30 Å². The molecule has 1 aliphatic rings.